The summed E-state index contributed by atoms with van der Waals surface area (Å²) in [6.07, 6.45) is 0. The number of anilines is 1. The van der Waals surface area contributed by atoms with Crippen molar-refractivity contribution in [2.45, 2.75) is 6.54 Å². The molecule has 0 spiro atoms. The molecule has 7 heteroatoms. The number of hydrogen-bond donors (Lipinski definition) is 2. The van der Waals surface area contributed by atoms with Crippen molar-refractivity contribution in [3.05, 3.63) is 54.1 Å². The van der Waals surface area contributed by atoms with Gasteiger partial charge in [0.25, 0.3) is 0 Å². The molecule has 2 amide bonds. The van der Waals surface area contributed by atoms with E-state index in [4.69, 9.17) is 18.9 Å². The maximum Gasteiger partial charge on any atom is 0.319 e. The van der Waals surface area contributed by atoms with Gasteiger partial charge < -0.3 is 29.6 Å². The average molecular weight is 374 g/mol. The zero-order valence-corrected chi connectivity index (χ0v) is 15.7. The Balaban J connectivity index is 1.72. The number of nitrogens with one attached hydrogen (secondary N) is 2. The van der Waals surface area contributed by atoms with Crippen molar-refractivity contribution in [3.8, 4) is 11.5 Å². The van der Waals surface area contributed by atoms with Gasteiger partial charge >= 0.3 is 6.03 Å². The van der Waals surface area contributed by atoms with Gasteiger partial charge in [-0.3, -0.25) is 0 Å². The second-order valence-corrected chi connectivity index (χ2v) is 5.66. The summed E-state index contributed by atoms with van der Waals surface area (Å²) < 4.78 is 20.9. The Morgan fingerprint density at radius 3 is 1.81 bits per heavy atom. The van der Waals surface area contributed by atoms with Gasteiger partial charge in [-0.1, -0.05) is 12.1 Å². The summed E-state index contributed by atoms with van der Waals surface area (Å²) in [7, 11) is 3.26. The molecule has 0 aliphatic rings. The second kappa shape index (κ2) is 11.8. The highest BCUT2D eigenvalue weighted by Crippen LogP contribution is 2.16. The van der Waals surface area contributed by atoms with E-state index in [0.29, 0.717) is 38.7 Å². The van der Waals surface area contributed by atoms with Gasteiger partial charge in [0, 0.05) is 26.5 Å². The Hall–Kier alpha value is -2.77. The molecular weight excluding hydrogens is 348 g/mol. The largest absolute Gasteiger partial charge is 0.491 e. The number of hydrogen-bond acceptors (Lipinski definition) is 5. The Kier molecular flexibility index (Phi) is 8.95. The molecule has 2 rings (SSSR count). The third kappa shape index (κ3) is 7.98. The van der Waals surface area contributed by atoms with E-state index in [1.54, 1.807) is 38.5 Å². The van der Waals surface area contributed by atoms with E-state index >= 15 is 0 Å². The smallest absolute Gasteiger partial charge is 0.319 e. The standard InChI is InChI=1S/C20H26N2O5/c1-24-11-13-26-18-7-3-16(4-8-18)15-21-20(23)22-17-5-9-19(10-6-17)27-14-12-25-2/h3-10H,11-15H2,1-2H3,(H2,21,22,23). The van der Waals surface area contributed by atoms with Crippen molar-refractivity contribution in [1.82, 2.24) is 5.32 Å². The molecule has 2 aromatic carbocycles. The number of benzene rings is 2. The van der Waals surface area contributed by atoms with Gasteiger partial charge in [0.05, 0.1) is 13.2 Å². The lowest BCUT2D eigenvalue weighted by molar-refractivity contribution is 0.146. The van der Waals surface area contributed by atoms with Crippen LogP contribution in [0, 0.1) is 0 Å². The summed E-state index contributed by atoms with van der Waals surface area (Å²) >= 11 is 0. The molecule has 0 saturated carbocycles. The number of carbonyl (C=O) groups is 1. The van der Waals surface area contributed by atoms with Crippen molar-refractivity contribution in [2.75, 3.05) is 46.0 Å². The first kappa shape index (κ1) is 20.5. The number of rotatable bonds is 11. The van der Waals surface area contributed by atoms with E-state index in [9.17, 15) is 4.79 Å². The van der Waals surface area contributed by atoms with Crippen LogP contribution in [0.2, 0.25) is 0 Å². The van der Waals surface area contributed by atoms with E-state index in [1.165, 1.54) is 0 Å². The van der Waals surface area contributed by atoms with Gasteiger partial charge in [-0.05, 0) is 42.0 Å². The van der Waals surface area contributed by atoms with Crippen LogP contribution >= 0.6 is 0 Å². The number of amides is 2. The molecule has 0 saturated heterocycles. The summed E-state index contributed by atoms with van der Waals surface area (Å²) in [6.45, 7) is 2.49. The van der Waals surface area contributed by atoms with Crippen LogP contribution in [-0.4, -0.2) is 46.7 Å². The molecule has 0 bridgehead atoms. The van der Waals surface area contributed by atoms with Crippen molar-refractivity contribution < 1.29 is 23.7 Å². The van der Waals surface area contributed by atoms with Crippen LogP contribution < -0.4 is 20.1 Å². The van der Waals surface area contributed by atoms with E-state index in [2.05, 4.69) is 10.6 Å². The van der Waals surface area contributed by atoms with Crippen molar-refractivity contribution in [2.24, 2.45) is 0 Å². The summed E-state index contributed by atoms with van der Waals surface area (Å²) in [6, 6.07) is 14.5. The minimum atomic E-state index is -0.275. The van der Waals surface area contributed by atoms with Gasteiger partial charge in [0.1, 0.15) is 24.7 Å². The maximum absolute atomic E-state index is 12.0. The number of methoxy groups -OCH3 is 2. The van der Waals surface area contributed by atoms with E-state index in [0.717, 1.165) is 17.1 Å². The van der Waals surface area contributed by atoms with E-state index < -0.39 is 0 Å². The monoisotopic (exact) mass is 374 g/mol. The SMILES string of the molecule is COCCOc1ccc(CNC(=O)Nc2ccc(OCCOC)cc2)cc1. The first-order chi connectivity index (χ1) is 13.2. The number of ether oxygens (including phenoxy) is 4. The van der Waals surface area contributed by atoms with Crippen LogP contribution in [0.1, 0.15) is 5.56 Å². The molecule has 0 heterocycles. The lowest BCUT2D eigenvalue weighted by Gasteiger charge is -2.10. The summed E-state index contributed by atoms with van der Waals surface area (Å²) in [5, 5.41) is 5.60. The molecule has 0 aliphatic carbocycles. The predicted octanol–water partition coefficient (Wildman–Crippen LogP) is 3.06. The Labute approximate surface area is 159 Å². The number of carbonyl (C=O) groups excluding carboxylic acids is 1. The Bertz CT molecular complexity index is 674. The predicted molar refractivity (Wildman–Crippen MR) is 103 cm³/mol. The van der Waals surface area contributed by atoms with E-state index in [-0.39, 0.29) is 6.03 Å². The van der Waals surface area contributed by atoms with Crippen LogP contribution in [0.5, 0.6) is 11.5 Å². The highest BCUT2D eigenvalue weighted by Gasteiger charge is 2.03. The molecule has 0 radical (unpaired) electrons. The molecule has 2 N–H and O–H groups in total. The minimum absolute atomic E-state index is 0.275. The molecule has 2 aromatic rings. The quantitative estimate of drug-likeness (QED) is 0.591. The molecule has 27 heavy (non-hydrogen) atoms. The first-order valence-electron chi connectivity index (χ1n) is 8.68. The normalized spacial score (nSPS) is 10.3. The molecule has 0 aliphatic heterocycles. The zero-order chi connectivity index (χ0) is 19.3. The summed E-state index contributed by atoms with van der Waals surface area (Å²) in [4.78, 5) is 12.0. The molecular formula is C20H26N2O5. The fraction of sp³-hybridized carbons (Fsp3) is 0.350. The summed E-state index contributed by atoms with van der Waals surface area (Å²) in [5.41, 5.74) is 1.67. The average Bonchev–Trinajstić information content (AvgIpc) is 2.69. The minimum Gasteiger partial charge on any atom is -0.491 e. The van der Waals surface area contributed by atoms with Gasteiger partial charge in [0.2, 0.25) is 0 Å². The van der Waals surface area contributed by atoms with Gasteiger partial charge in [0.15, 0.2) is 0 Å². The molecule has 0 atom stereocenters. The van der Waals surface area contributed by atoms with Crippen molar-refractivity contribution >= 4 is 11.7 Å². The highest BCUT2D eigenvalue weighted by atomic mass is 16.5. The van der Waals surface area contributed by atoms with Crippen LogP contribution in [0.3, 0.4) is 0 Å². The Morgan fingerprint density at radius 2 is 1.30 bits per heavy atom. The highest BCUT2D eigenvalue weighted by molar-refractivity contribution is 5.89. The van der Waals surface area contributed by atoms with Gasteiger partial charge in [-0.15, -0.1) is 0 Å². The van der Waals surface area contributed by atoms with Crippen LogP contribution in [0.15, 0.2) is 48.5 Å². The third-order valence-electron chi connectivity index (χ3n) is 3.60. The molecule has 0 aromatic heterocycles. The van der Waals surface area contributed by atoms with Gasteiger partial charge in [-0.2, -0.15) is 0 Å². The van der Waals surface area contributed by atoms with Crippen LogP contribution in [0.25, 0.3) is 0 Å². The van der Waals surface area contributed by atoms with Crippen LogP contribution in [-0.2, 0) is 16.0 Å². The molecule has 7 nitrogen and oxygen atoms in total. The maximum atomic E-state index is 12.0. The number of urea groups is 1. The Morgan fingerprint density at radius 1 is 0.778 bits per heavy atom. The van der Waals surface area contributed by atoms with Crippen LogP contribution in [0.4, 0.5) is 10.5 Å². The summed E-state index contributed by atoms with van der Waals surface area (Å²) in [5.74, 6) is 1.50. The lowest BCUT2D eigenvalue weighted by atomic mass is 10.2. The topological polar surface area (TPSA) is 78.1 Å². The van der Waals surface area contributed by atoms with Crippen molar-refractivity contribution in [3.63, 3.8) is 0 Å². The van der Waals surface area contributed by atoms with E-state index in [1.807, 2.05) is 24.3 Å². The molecule has 0 unspecified atom stereocenters. The lowest BCUT2D eigenvalue weighted by Crippen LogP contribution is -2.28. The fourth-order valence-electron chi connectivity index (χ4n) is 2.18. The zero-order valence-electron chi connectivity index (χ0n) is 15.7. The second-order valence-electron chi connectivity index (χ2n) is 5.66. The van der Waals surface area contributed by atoms with Gasteiger partial charge in [-0.25, -0.2) is 4.79 Å². The fourth-order valence-corrected chi connectivity index (χ4v) is 2.18. The molecule has 0 fully saturated rings. The molecule has 146 valence electrons. The third-order valence-corrected chi connectivity index (χ3v) is 3.60. The van der Waals surface area contributed by atoms with Crippen molar-refractivity contribution in [1.29, 1.82) is 0 Å². The first-order valence-corrected chi connectivity index (χ1v) is 8.68.